The molecule has 9 nitrogen and oxygen atoms in total. The van der Waals surface area contributed by atoms with E-state index in [-0.39, 0.29) is 12.3 Å². The van der Waals surface area contributed by atoms with E-state index in [1.54, 1.807) is 12.1 Å². The molecule has 2 aromatic carbocycles. The van der Waals surface area contributed by atoms with Crippen molar-refractivity contribution in [3.8, 4) is 11.5 Å². The molecule has 0 heterocycles. The zero-order chi connectivity index (χ0) is 20.5. The molecule has 0 saturated heterocycles. The van der Waals surface area contributed by atoms with Crippen LogP contribution >= 0.6 is 0 Å². The van der Waals surface area contributed by atoms with Gasteiger partial charge in [-0.05, 0) is 43.2 Å². The molecule has 0 aliphatic rings. The SMILES string of the molecule is CCc1ccc(OCC(=O)NNC(=O)C(C)Oc2ccc([N+](=O)[O-])cc2)cc1. The van der Waals surface area contributed by atoms with Crippen LogP contribution in [0.1, 0.15) is 19.4 Å². The van der Waals surface area contributed by atoms with E-state index in [0.717, 1.165) is 12.0 Å². The third-order valence-corrected chi connectivity index (χ3v) is 3.76. The Labute approximate surface area is 161 Å². The summed E-state index contributed by atoms with van der Waals surface area (Å²) >= 11 is 0. The van der Waals surface area contributed by atoms with Gasteiger partial charge in [0.15, 0.2) is 12.7 Å². The van der Waals surface area contributed by atoms with Crippen molar-refractivity contribution < 1.29 is 24.0 Å². The van der Waals surface area contributed by atoms with Crippen molar-refractivity contribution in [3.05, 3.63) is 64.2 Å². The minimum absolute atomic E-state index is 0.0824. The lowest BCUT2D eigenvalue weighted by molar-refractivity contribution is -0.384. The molecule has 148 valence electrons. The highest BCUT2D eigenvalue weighted by Gasteiger charge is 2.16. The van der Waals surface area contributed by atoms with Crippen LogP contribution in [0.15, 0.2) is 48.5 Å². The lowest BCUT2D eigenvalue weighted by atomic mass is 10.2. The van der Waals surface area contributed by atoms with E-state index >= 15 is 0 Å². The van der Waals surface area contributed by atoms with Gasteiger partial charge in [0.05, 0.1) is 4.92 Å². The number of carbonyl (C=O) groups is 2. The molecule has 0 aliphatic carbocycles. The number of aryl methyl sites for hydroxylation is 1. The van der Waals surface area contributed by atoms with E-state index in [2.05, 4.69) is 10.9 Å². The zero-order valence-corrected chi connectivity index (χ0v) is 15.5. The number of ether oxygens (including phenoxy) is 2. The maximum atomic E-state index is 12.0. The Kier molecular flexibility index (Phi) is 7.32. The number of hydrogen-bond donors (Lipinski definition) is 2. The number of carbonyl (C=O) groups excluding carboxylic acids is 2. The van der Waals surface area contributed by atoms with Crippen LogP contribution in [-0.2, 0) is 16.0 Å². The molecule has 2 rings (SSSR count). The summed E-state index contributed by atoms with van der Waals surface area (Å²) in [6.45, 7) is 3.26. The Bertz CT molecular complexity index is 821. The number of nitro groups is 1. The van der Waals surface area contributed by atoms with Crippen molar-refractivity contribution in [1.82, 2.24) is 10.9 Å². The first-order valence-corrected chi connectivity index (χ1v) is 8.60. The molecule has 1 unspecified atom stereocenters. The Morgan fingerprint density at radius 3 is 2.21 bits per heavy atom. The smallest absolute Gasteiger partial charge is 0.279 e. The van der Waals surface area contributed by atoms with Gasteiger partial charge >= 0.3 is 0 Å². The molecule has 28 heavy (non-hydrogen) atoms. The molecule has 0 bridgehead atoms. The molecule has 9 heteroatoms. The minimum atomic E-state index is -0.927. The quantitative estimate of drug-likeness (QED) is 0.529. The van der Waals surface area contributed by atoms with Gasteiger partial charge in [0, 0.05) is 12.1 Å². The molecule has 2 N–H and O–H groups in total. The van der Waals surface area contributed by atoms with Crippen molar-refractivity contribution in [3.63, 3.8) is 0 Å². The Balaban J connectivity index is 1.73. The Hall–Kier alpha value is -3.62. The fraction of sp³-hybridized carbons (Fsp3) is 0.263. The van der Waals surface area contributed by atoms with Gasteiger partial charge in [-0.25, -0.2) is 0 Å². The number of nitro benzene ring substituents is 1. The summed E-state index contributed by atoms with van der Waals surface area (Å²) in [6.07, 6.45) is -0.0170. The summed E-state index contributed by atoms with van der Waals surface area (Å²) in [5.41, 5.74) is 5.54. The number of rotatable bonds is 8. The lowest BCUT2D eigenvalue weighted by Crippen LogP contribution is -2.48. The summed E-state index contributed by atoms with van der Waals surface area (Å²) in [5.74, 6) is -0.276. The molecule has 0 saturated carbocycles. The van der Waals surface area contributed by atoms with Gasteiger partial charge in [0.1, 0.15) is 11.5 Å². The molecule has 0 spiro atoms. The number of hydrogen-bond acceptors (Lipinski definition) is 6. The lowest BCUT2D eigenvalue weighted by Gasteiger charge is -2.15. The van der Waals surface area contributed by atoms with Crippen LogP contribution in [0.3, 0.4) is 0 Å². The van der Waals surface area contributed by atoms with Crippen LogP contribution in [-0.4, -0.2) is 29.4 Å². The van der Waals surface area contributed by atoms with E-state index in [4.69, 9.17) is 9.47 Å². The predicted molar refractivity (Wildman–Crippen MR) is 101 cm³/mol. The van der Waals surface area contributed by atoms with Gasteiger partial charge in [-0.1, -0.05) is 19.1 Å². The van der Waals surface area contributed by atoms with Crippen LogP contribution < -0.4 is 20.3 Å². The highest BCUT2D eigenvalue weighted by atomic mass is 16.6. The third kappa shape index (κ3) is 6.27. The van der Waals surface area contributed by atoms with Crippen molar-refractivity contribution in [2.45, 2.75) is 26.4 Å². The van der Waals surface area contributed by atoms with Crippen LogP contribution in [0.5, 0.6) is 11.5 Å². The average molecular weight is 387 g/mol. The molecular formula is C19H21N3O6. The van der Waals surface area contributed by atoms with Crippen LogP contribution in [0.25, 0.3) is 0 Å². The van der Waals surface area contributed by atoms with Gasteiger partial charge in [0.25, 0.3) is 17.5 Å². The zero-order valence-electron chi connectivity index (χ0n) is 15.5. The predicted octanol–water partition coefficient (Wildman–Crippen LogP) is 2.15. The second-order valence-corrected chi connectivity index (χ2v) is 5.83. The van der Waals surface area contributed by atoms with E-state index in [1.807, 2.05) is 19.1 Å². The second kappa shape index (κ2) is 9.91. The number of amides is 2. The molecule has 0 aliphatic heterocycles. The average Bonchev–Trinajstić information content (AvgIpc) is 2.71. The molecule has 1 atom stereocenters. The minimum Gasteiger partial charge on any atom is -0.484 e. The second-order valence-electron chi connectivity index (χ2n) is 5.83. The first kappa shape index (κ1) is 20.7. The van der Waals surface area contributed by atoms with Gasteiger partial charge < -0.3 is 9.47 Å². The van der Waals surface area contributed by atoms with E-state index in [0.29, 0.717) is 11.5 Å². The first-order valence-electron chi connectivity index (χ1n) is 8.60. The summed E-state index contributed by atoms with van der Waals surface area (Å²) in [5, 5.41) is 10.6. The van der Waals surface area contributed by atoms with Gasteiger partial charge in [-0.2, -0.15) is 0 Å². The maximum absolute atomic E-state index is 12.0. The summed E-state index contributed by atoms with van der Waals surface area (Å²) < 4.78 is 10.7. The Morgan fingerprint density at radius 2 is 1.64 bits per heavy atom. The number of benzene rings is 2. The summed E-state index contributed by atoms with van der Waals surface area (Å²) in [4.78, 5) is 33.8. The molecule has 0 fully saturated rings. The standard InChI is InChI=1S/C19H21N3O6/c1-3-14-4-8-16(9-5-14)27-12-18(23)20-21-19(24)13(2)28-17-10-6-15(7-11-17)22(25)26/h4-11,13H,3,12H2,1-2H3,(H,20,23)(H,21,24). The monoisotopic (exact) mass is 387 g/mol. The number of nitrogens with zero attached hydrogens (tertiary/aromatic N) is 1. The number of hydrazine groups is 1. The molecule has 2 aromatic rings. The molecule has 0 radical (unpaired) electrons. The highest BCUT2D eigenvalue weighted by molar-refractivity contribution is 5.85. The van der Waals surface area contributed by atoms with E-state index in [9.17, 15) is 19.7 Å². The fourth-order valence-corrected chi connectivity index (χ4v) is 2.14. The van der Waals surface area contributed by atoms with Crippen molar-refractivity contribution in [2.75, 3.05) is 6.61 Å². The van der Waals surface area contributed by atoms with Crippen molar-refractivity contribution in [2.24, 2.45) is 0 Å². The third-order valence-electron chi connectivity index (χ3n) is 3.76. The summed E-state index contributed by atoms with van der Waals surface area (Å²) in [6, 6.07) is 12.7. The first-order chi connectivity index (χ1) is 13.4. The van der Waals surface area contributed by atoms with Gasteiger partial charge in [-0.3, -0.25) is 30.6 Å². The van der Waals surface area contributed by atoms with Crippen LogP contribution in [0, 0.1) is 10.1 Å². The number of non-ortho nitro benzene ring substituents is 1. The fourth-order valence-electron chi connectivity index (χ4n) is 2.14. The largest absolute Gasteiger partial charge is 0.484 e. The van der Waals surface area contributed by atoms with E-state index < -0.39 is 22.8 Å². The van der Waals surface area contributed by atoms with Crippen molar-refractivity contribution >= 4 is 17.5 Å². The van der Waals surface area contributed by atoms with Gasteiger partial charge in [-0.15, -0.1) is 0 Å². The highest BCUT2D eigenvalue weighted by Crippen LogP contribution is 2.18. The van der Waals surface area contributed by atoms with Crippen LogP contribution in [0.4, 0.5) is 5.69 Å². The maximum Gasteiger partial charge on any atom is 0.279 e. The normalized spacial score (nSPS) is 11.2. The Morgan fingerprint density at radius 1 is 1.04 bits per heavy atom. The van der Waals surface area contributed by atoms with Crippen LogP contribution in [0.2, 0.25) is 0 Å². The van der Waals surface area contributed by atoms with Crippen molar-refractivity contribution in [1.29, 1.82) is 0 Å². The number of nitrogens with one attached hydrogen (secondary N) is 2. The van der Waals surface area contributed by atoms with E-state index in [1.165, 1.54) is 31.2 Å². The summed E-state index contributed by atoms with van der Waals surface area (Å²) in [7, 11) is 0. The topological polar surface area (TPSA) is 120 Å². The molecule has 2 amide bonds. The molecule has 0 aromatic heterocycles. The van der Waals surface area contributed by atoms with Gasteiger partial charge in [0.2, 0.25) is 0 Å². The molecular weight excluding hydrogens is 366 g/mol.